The van der Waals surface area contributed by atoms with Crippen LogP contribution < -0.4 is 0 Å². The van der Waals surface area contributed by atoms with Gasteiger partial charge in [0, 0.05) is 0 Å². The van der Waals surface area contributed by atoms with E-state index in [4.69, 9.17) is 0 Å². The Morgan fingerprint density at radius 3 is 1.87 bits per heavy atom. The molecular formula is C9H12BrF3N2. The lowest BCUT2D eigenvalue weighted by Gasteiger charge is -2.21. The molecule has 86 valence electrons. The van der Waals surface area contributed by atoms with Crippen LogP contribution in [0.15, 0.2) is 4.47 Å². The van der Waals surface area contributed by atoms with Gasteiger partial charge in [0.1, 0.15) is 0 Å². The highest BCUT2D eigenvalue weighted by molar-refractivity contribution is 9.10. The van der Waals surface area contributed by atoms with Gasteiger partial charge in [0.05, 0.1) is 15.7 Å². The average molecular weight is 285 g/mol. The SMILES string of the molecule is Cc1c(Br)c(C(F)(F)F)nn1C(C)(C)C. The lowest BCUT2D eigenvalue weighted by atomic mass is 10.1. The second kappa shape index (κ2) is 3.50. The number of hydrogen-bond donors (Lipinski definition) is 0. The van der Waals surface area contributed by atoms with E-state index in [1.165, 1.54) is 4.68 Å². The van der Waals surface area contributed by atoms with E-state index in [1.54, 1.807) is 27.7 Å². The molecule has 0 radical (unpaired) electrons. The van der Waals surface area contributed by atoms with Crippen LogP contribution in [0.25, 0.3) is 0 Å². The van der Waals surface area contributed by atoms with E-state index in [-0.39, 0.29) is 4.47 Å². The van der Waals surface area contributed by atoms with E-state index < -0.39 is 17.4 Å². The monoisotopic (exact) mass is 284 g/mol. The van der Waals surface area contributed by atoms with Gasteiger partial charge in [-0.3, -0.25) is 4.68 Å². The Balaban J connectivity index is 3.38. The standard InChI is InChI=1S/C9H12BrF3N2/c1-5-6(10)7(9(11,12)13)14-15(5)8(2,3)4/h1-4H3. The summed E-state index contributed by atoms with van der Waals surface area (Å²) in [6.45, 7) is 7.02. The quantitative estimate of drug-likeness (QED) is 0.710. The smallest absolute Gasteiger partial charge is 0.263 e. The van der Waals surface area contributed by atoms with Crippen molar-refractivity contribution in [1.29, 1.82) is 0 Å². The molecule has 0 aliphatic heterocycles. The Bertz CT molecular complexity index is 339. The molecule has 15 heavy (non-hydrogen) atoms. The number of halogens is 4. The van der Waals surface area contributed by atoms with Gasteiger partial charge in [-0.15, -0.1) is 0 Å². The molecule has 0 aliphatic rings. The first-order chi connectivity index (χ1) is 6.55. The van der Waals surface area contributed by atoms with Gasteiger partial charge in [0.25, 0.3) is 0 Å². The normalized spacial score (nSPS) is 13.3. The first-order valence-corrected chi connectivity index (χ1v) is 5.17. The predicted octanol–water partition coefficient (Wildman–Crippen LogP) is 3.73. The van der Waals surface area contributed by atoms with Gasteiger partial charge in [-0.05, 0) is 43.6 Å². The molecule has 0 N–H and O–H groups in total. The van der Waals surface area contributed by atoms with Crippen molar-refractivity contribution in [3.63, 3.8) is 0 Å². The molecule has 0 aliphatic carbocycles. The molecule has 6 heteroatoms. The molecule has 0 saturated carbocycles. The van der Waals surface area contributed by atoms with Crippen LogP contribution in [0.5, 0.6) is 0 Å². The van der Waals surface area contributed by atoms with E-state index in [0.717, 1.165) is 0 Å². The third kappa shape index (κ3) is 2.35. The Morgan fingerprint density at radius 2 is 1.67 bits per heavy atom. The summed E-state index contributed by atoms with van der Waals surface area (Å²) >= 11 is 2.93. The molecule has 0 spiro atoms. The highest BCUT2D eigenvalue weighted by Gasteiger charge is 2.39. The van der Waals surface area contributed by atoms with E-state index in [2.05, 4.69) is 21.0 Å². The molecule has 0 aromatic carbocycles. The van der Waals surface area contributed by atoms with Crippen LogP contribution in [0.3, 0.4) is 0 Å². The van der Waals surface area contributed by atoms with Crippen LogP contribution in [0, 0.1) is 6.92 Å². The van der Waals surface area contributed by atoms with Crippen molar-refractivity contribution in [1.82, 2.24) is 9.78 Å². The van der Waals surface area contributed by atoms with Gasteiger partial charge in [-0.1, -0.05) is 0 Å². The summed E-state index contributed by atoms with van der Waals surface area (Å²) in [6.07, 6.45) is -4.42. The molecule has 0 fully saturated rings. The molecule has 2 nitrogen and oxygen atoms in total. The number of alkyl halides is 3. The van der Waals surface area contributed by atoms with Crippen LogP contribution in [0.1, 0.15) is 32.2 Å². The average Bonchev–Trinajstić information content (AvgIpc) is 2.26. The molecule has 1 aromatic heterocycles. The number of rotatable bonds is 0. The molecule has 1 aromatic rings. The highest BCUT2D eigenvalue weighted by Crippen LogP contribution is 2.36. The van der Waals surface area contributed by atoms with Crippen molar-refractivity contribution < 1.29 is 13.2 Å². The van der Waals surface area contributed by atoms with Crippen LogP contribution in [-0.2, 0) is 11.7 Å². The Kier molecular flexibility index (Phi) is 2.93. The van der Waals surface area contributed by atoms with Crippen LogP contribution in [-0.4, -0.2) is 9.78 Å². The fraction of sp³-hybridized carbons (Fsp3) is 0.667. The maximum Gasteiger partial charge on any atom is 0.436 e. The van der Waals surface area contributed by atoms with E-state index >= 15 is 0 Å². The Labute approximate surface area is 94.6 Å². The molecule has 0 unspecified atom stereocenters. The number of nitrogens with zero attached hydrogens (tertiary/aromatic N) is 2. The maximum atomic E-state index is 12.5. The third-order valence-electron chi connectivity index (χ3n) is 1.95. The minimum absolute atomic E-state index is 0.0184. The summed E-state index contributed by atoms with van der Waals surface area (Å²) < 4.78 is 39.0. The molecular weight excluding hydrogens is 273 g/mol. The van der Waals surface area contributed by atoms with Crippen molar-refractivity contribution in [2.75, 3.05) is 0 Å². The van der Waals surface area contributed by atoms with Crippen LogP contribution in [0.4, 0.5) is 13.2 Å². The lowest BCUT2D eigenvalue weighted by molar-refractivity contribution is -0.142. The summed E-state index contributed by atoms with van der Waals surface area (Å²) in [5.41, 5.74) is -0.847. The van der Waals surface area contributed by atoms with Gasteiger partial charge in [0.2, 0.25) is 0 Å². The minimum Gasteiger partial charge on any atom is -0.263 e. The zero-order valence-electron chi connectivity index (χ0n) is 8.91. The summed E-state index contributed by atoms with van der Waals surface area (Å²) in [4.78, 5) is 0. The number of aromatic nitrogens is 2. The summed E-state index contributed by atoms with van der Waals surface area (Å²) in [5.74, 6) is 0. The van der Waals surface area contributed by atoms with Gasteiger partial charge in [-0.2, -0.15) is 18.3 Å². The highest BCUT2D eigenvalue weighted by atomic mass is 79.9. The van der Waals surface area contributed by atoms with Crippen molar-refractivity contribution in [2.45, 2.75) is 39.4 Å². The molecule has 0 saturated heterocycles. The second-order valence-corrected chi connectivity index (χ2v) is 5.12. The molecule has 0 atom stereocenters. The summed E-state index contributed by atoms with van der Waals surface area (Å²) in [5, 5.41) is 3.60. The molecule has 1 heterocycles. The fourth-order valence-corrected chi connectivity index (χ4v) is 1.79. The Morgan fingerprint density at radius 1 is 1.20 bits per heavy atom. The van der Waals surface area contributed by atoms with Crippen molar-refractivity contribution >= 4 is 15.9 Å². The van der Waals surface area contributed by atoms with E-state index in [0.29, 0.717) is 5.69 Å². The first kappa shape index (κ1) is 12.5. The van der Waals surface area contributed by atoms with Crippen molar-refractivity contribution in [3.8, 4) is 0 Å². The predicted molar refractivity (Wildman–Crippen MR) is 54.7 cm³/mol. The Hall–Kier alpha value is -0.520. The molecule has 1 rings (SSSR count). The van der Waals surface area contributed by atoms with Crippen molar-refractivity contribution in [3.05, 3.63) is 15.9 Å². The van der Waals surface area contributed by atoms with E-state index in [9.17, 15) is 13.2 Å². The van der Waals surface area contributed by atoms with Gasteiger partial charge in [-0.25, -0.2) is 0 Å². The first-order valence-electron chi connectivity index (χ1n) is 4.38. The maximum absolute atomic E-state index is 12.5. The number of hydrogen-bond acceptors (Lipinski definition) is 1. The van der Waals surface area contributed by atoms with Gasteiger partial charge in [0.15, 0.2) is 5.69 Å². The molecule has 0 bridgehead atoms. The van der Waals surface area contributed by atoms with E-state index in [1.807, 2.05) is 0 Å². The third-order valence-corrected chi connectivity index (χ3v) is 2.90. The van der Waals surface area contributed by atoms with Gasteiger partial charge < -0.3 is 0 Å². The topological polar surface area (TPSA) is 17.8 Å². The zero-order valence-corrected chi connectivity index (χ0v) is 10.5. The lowest BCUT2D eigenvalue weighted by Crippen LogP contribution is -2.25. The van der Waals surface area contributed by atoms with Crippen molar-refractivity contribution in [2.24, 2.45) is 0 Å². The second-order valence-electron chi connectivity index (χ2n) is 4.33. The minimum atomic E-state index is -4.42. The van der Waals surface area contributed by atoms with Crippen LogP contribution >= 0.6 is 15.9 Å². The fourth-order valence-electron chi connectivity index (χ4n) is 1.32. The molecule has 0 amide bonds. The largest absolute Gasteiger partial charge is 0.436 e. The summed E-state index contributed by atoms with van der Waals surface area (Å²) in [6, 6.07) is 0. The van der Waals surface area contributed by atoms with Crippen LogP contribution in [0.2, 0.25) is 0 Å². The zero-order chi connectivity index (χ0) is 12.0. The van der Waals surface area contributed by atoms with Gasteiger partial charge >= 0.3 is 6.18 Å². The summed E-state index contributed by atoms with van der Waals surface area (Å²) in [7, 11) is 0.